The van der Waals surface area contributed by atoms with Crippen molar-refractivity contribution in [3.8, 4) is 11.5 Å². The molecule has 0 saturated heterocycles. The van der Waals surface area contributed by atoms with Crippen LogP contribution in [0.4, 0.5) is 0 Å². The average molecular weight is 837 g/mol. The fourth-order valence-electron chi connectivity index (χ4n) is 7.97. The molecule has 0 amide bonds. The Morgan fingerprint density at radius 2 is 0.877 bits per heavy atom. The van der Waals surface area contributed by atoms with Crippen LogP contribution in [-0.4, -0.2) is 22.5 Å². The summed E-state index contributed by atoms with van der Waals surface area (Å²) in [5, 5.41) is 0. The van der Waals surface area contributed by atoms with Crippen molar-refractivity contribution in [3.63, 3.8) is 0 Å². The number of benzene rings is 2. The molecule has 328 valence electrons. The zero-order valence-electron chi connectivity index (χ0n) is 37.4. The first-order valence-electron chi connectivity index (χ1n) is 22.9. The van der Waals surface area contributed by atoms with E-state index in [0.717, 1.165) is 138 Å². The van der Waals surface area contributed by atoms with Crippen molar-refractivity contribution >= 4 is 15.6 Å². The Morgan fingerprint density at radius 3 is 1.23 bits per heavy atom. The molecular weight excluding hydrogens is 754 g/mol. The van der Waals surface area contributed by atoms with Gasteiger partial charge < -0.3 is 9.05 Å². The first kappa shape index (κ1) is 51.5. The molecule has 0 aromatic heterocycles. The van der Waals surface area contributed by atoms with E-state index in [1.165, 1.54) is 19.8 Å². The molecule has 0 bridgehead atoms. The molecule has 0 aliphatic rings. The minimum absolute atomic E-state index is 0.361. The van der Waals surface area contributed by atoms with Crippen molar-refractivity contribution < 1.29 is 37.0 Å². The average Bonchev–Trinajstić information content (AvgIpc) is 3.18. The lowest BCUT2D eigenvalue weighted by Gasteiger charge is -2.25. The molecule has 0 spiro atoms. The second kappa shape index (κ2) is 28.0. The lowest BCUT2D eigenvalue weighted by atomic mass is 9.85. The highest BCUT2D eigenvalue weighted by atomic mass is 31.2. The first-order chi connectivity index (χ1) is 27.3. The number of hydrogen-bond donors (Lipinski definition) is 2. The molecule has 2 aromatic rings. The Kier molecular flexibility index (Phi) is 25.3. The highest BCUT2D eigenvalue weighted by molar-refractivity contribution is 7.48. The second-order valence-electron chi connectivity index (χ2n) is 16.6. The van der Waals surface area contributed by atoms with Gasteiger partial charge in [0.2, 0.25) is 0 Å². The summed E-state index contributed by atoms with van der Waals surface area (Å²) in [5.41, 5.74) is 4.26. The first-order valence-corrected chi connectivity index (χ1v) is 25.9. The van der Waals surface area contributed by atoms with Gasteiger partial charge in [0.15, 0.2) is 0 Å². The number of phosphoric acid groups is 2. The summed E-state index contributed by atoms with van der Waals surface area (Å²) in [4.78, 5) is 22.1. The van der Waals surface area contributed by atoms with Crippen molar-refractivity contribution in [3.05, 3.63) is 58.7 Å². The Labute approximate surface area is 348 Å². The van der Waals surface area contributed by atoms with Gasteiger partial charge in [-0.1, -0.05) is 182 Å². The van der Waals surface area contributed by atoms with Crippen LogP contribution in [0.2, 0.25) is 0 Å². The van der Waals surface area contributed by atoms with Gasteiger partial charge >= 0.3 is 15.6 Å². The van der Waals surface area contributed by atoms with E-state index in [9.17, 15) is 18.9 Å². The largest absolute Gasteiger partial charge is 0.527 e. The molecule has 2 N–H and O–H groups in total. The molecule has 0 aliphatic carbocycles. The summed E-state index contributed by atoms with van der Waals surface area (Å²) in [6.07, 6.45) is 20.0. The molecule has 0 fully saturated rings. The van der Waals surface area contributed by atoms with Gasteiger partial charge in [-0.15, -0.1) is 0 Å². The predicted molar refractivity (Wildman–Crippen MR) is 238 cm³/mol. The Hall–Kier alpha value is -1.66. The molecule has 0 saturated carbocycles. The summed E-state index contributed by atoms with van der Waals surface area (Å²) in [5.74, 6) is 2.61. The quantitative estimate of drug-likeness (QED) is 0.0684. The number of phosphoric ester groups is 2. The topological polar surface area (TPSA) is 112 Å². The highest BCUT2D eigenvalue weighted by Crippen LogP contribution is 2.50. The van der Waals surface area contributed by atoms with E-state index < -0.39 is 28.4 Å². The van der Waals surface area contributed by atoms with Crippen molar-refractivity contribution in [2.45, 2.75) is 197 Å². The van der Waals surface area contributed by atoms with E-state index >= 15 is 0 Å². The Morgan fingerprint density at radius 1 is 0.526 bits per heavy atom. The van der Waals surface area contributed by atoms with Crippen LogP contribution < -0.4 is 9.05 Å². The zero-order valence-corrected chi connectivity index (χ0v) is 39.2. The van der Waals surface area contributed by atoms with Crippen LogP contribution in [0.3, 0.4) is 0 Å². The van der Waals surface area contributed by atoms with E-state index in [1.54, 1.807) is 12.1 Å². The highest BCUT2D eigenvalue weighted by Gasteiger charge is 2.32. The predicted octanol–water partition coefficient (Wildman–Crippen LogP) is 14.8. The standard InChI is InChI=1S/C47H82O8P2/c1-10-18-24-38(14-5)32-42-28-22-30-46(44(42)34-40(16-7)26-20-12-3)54-56(48,49)52-36-37(9)53-57(50,51)55-47-31-23-29-43(33-39(15-6)25-19-11-2)45(47)35-41(17-8)27-21-13-4/h22-23,28-31,37-41H,10-21,24-27,32-36H2,1-9H3,(H,48,49)(H,50,51). The van der Waals surface area contributed by atoms with Crippen molar-refractivity contribution in [2.24, 2.45) is 23.7 Å². The molecule has 2 rings (SSSR count). The van der Waals surface area contributed by atoms with Crippen LogP contribution in [0.15, 0.2) is 36.4 Å². The molecule has 0 heterocycles. The second-order valence-corrected chi connectivity index (χ2v) is 19.3. The lowest BCUT2D eigenvalue weighted by Crippen LogP contribution is -2.17. The number of rotatable bonds is 33. The van der Waals surface area contributed by atoms with Crippen molar-refractivity contribution in [1.29, 1.82) is 0 Å². The summed E-state index contributed by atoms with van der Waals surface area (Å²) in [6.45, 7) is 18.8. The molecule has 7 atom stereocenters. The molecule has 10 heteroatoms. The number of hydrogen-bond acceptors (Lipinski definition) is 6. The molecule has 2 aromatic carbocycles. The van der Waals surface area contributed by atoms with Gasteiger partial charge in [0, 0.05) is 0 Å². The van der Waals surface area contributed by atoms with E-state index in [2.05, 4.69) is 67.5 Å². The van der Waals surface area contributed by atoms with E-state index in [0.29, 0.717) is 35.2 Å². The van der Waals surface area contributed by atoms with Crippen LogP contribution in [0.5, 0.6) is 11.5 Å². The summed E-state index contributed by atoms with van der Waals surface area (Å²) in [7, 11) is -9.30. The summed E-state index contributed by atoms with van der Waals surface area (Å²) in [6, 6.07) is 11.6. The lowest BCUT2D eigenvalue weighted by molar-refractivity contribution is 0.0877. The zero-order chi connectivity index (χ0) is 42.3. The molecule has 0 aliphatic heterocycles. The van der Waals surface area contributed by atoms with E-state index in [1.807, 2.05) is 12.1 Å². The summed E-state index contributed by atoms with van der Waals surface area (Å²) >= 11 is 0. The maximum absolute atomic E-state index is 13.6. The van der Waals surface area contributed by atoms with E-state index in [4.69, 9.17) is 18.1 Å². The molecule has 8 nitrogen and oxygen atoms in total. The fraction of sp³-hybridized carbons (Fsp3) is 0.745. The minimum Gasteiger partial charge on any atom is -0.404 e. The minimum atomic E-state index is -4.66. The normalized spacial score (nSPS) is 16.6. The monoisotopic (exact) mass is 837 g/mol. The van der Waals surface area contributed by atoms with Gasteiger partial charge in [0.05, 0.1) is 12.7 Å². The molecular formula is C47H82O8P2. The molecule has 57 heavy (non-hydrogen) atoms. The third-order valence-electron chi connectivity index (χ3n) is 11.8. The smallest absolute Gasteiger partial charge is 0.404 e. The van der Waals surface area contributed by atoms with Crippen LogP contribution in [0.1, 0.15) is 187 Å². The van der Waals surface area contributed by atoms with E-state index in [-0.39, 0.29) is 0 Å². The van der Waals surface area contributed by atoms with Gasteiger partial charge in [-0.05, 0) is 90.7 Å². The van der Waals surface area contributed by atoms with Gasteiger partial charge in [-0.3, -0.25) is 18.8 Å². The van der Waals surface area contributed by atoms with Gasteiger partial charge in [-0.25, -0.2) is 9.13 Å². The van der Waals surface area contributed by atoms with Crippen molar-refractivity contribution in [2.75, 3.05) is 6.61 Å². The van der Waals surface area contributed by atoms with Gasteiger partial charge in [-0.2, -0.15) is 0 Å². The maximum Gasteiger partial charge on any atom is 0.527 e. The Balaban J connectivity index is 2.28. The van der Waals surface area contributed by atoms with Crippen molar-refractivity contribution in [1.82, 2.24) is 0 Å². The fourth-order valence-corrected chi connectivity index (χ4v) is 9.81. The molecule has 0 radical (unpaired) electrons. The SMILES string of the molecule is CCCCC(CC)Cc1cccc(OP(=O)(O)OCC(C)OP(=O)(O)Oc2cccc(CC(CC)CCCC)c2CC(CC)CCCC)c1CC(CC)CCCC. The number of unbranched alkanes of at least 4 members (excludes halogenated alkanes) is 4. The summed E-state index contributed by atoms with van der Waals surface area (Å²) < 4.78 is 49.8. The van der Waals surface area contributed by atoms with Gasteiger partial charge in [0.1, 0.15) is 11.5 Å². The van der Waals surface area contributed by atoms with Crippen LogP contribution in [0.25, 0.3) is 0 Å². The third-order valence-corrected chi connectivity index (χ3v) is 13.8. The third kappa shape index (κ3) is 19.5. The maximum atomic E-state index is 13.6. The van der Waals surface area contributed by atoms with Crippen LogP contribution in [0, 0.1) is 23.7 Å². The van der Waals surface area contributed by atoms with Crippen LogP contribution >= 0.6 is 15.6 Å². The molecule has 7 unspecified atom stereocenters. The van der Waals surface area contributed by atoms with Crippen LogP contribution in [-0.2, 0) is 43.9 Å². The van der Waals surface area contributed by atoms with Gasteiger partial charge in [0.25, 0.3) is 0 Å². The Bertz CT molecular complexity index is 1480.